The van der Waals surface area contributed by atoms with Gasteiger partial charge in [0.15, 0.2) is 0 Å². The van der Waals surface area contributed by atoms with Crippen molar-refractivity contribution in [3.63, 3.8) is 0 Å². The van der Waals surface area contributed by atoms with Gasteiger partial charge in [-0.3, -0.25) is 0 Å². The number of benzene rings is 1. The fourth-order valence-corrected chi connectivity index (χ4v) is 3.08. The van der Waals surface area contributed by atoms with E-state index in [2.05, 4.69) is 25.1 Å². The summed E-state index contributed by atoms with van der Waals surface area (Å²) < 4.78 is 0. The third-order valence-corrected chi connectivity index (χ3v) is 4.62. The molecule has 1 aromatic carbocycles. The molecule has 2 unspecified atom stereocenters. The molecule has 94 valence electrons. The van der Waals surface area contributed by atoms with Crippen molar-refractivity contribution in [2.24, 2.45) is 17.6 Å². The van der Waals surface area contributed by atoms with Gasteiger partial charge in [-0.25, -0.2) is 0 Å². The topological polar surface area (TPSA) is 49.8 Å². The van der Waals surface area contributed by atoms with E-state index in [1.165, 1.54) is 24.0 Å². The first-order valence-corrected chi connectivity index (χ1v) is 6.96. The monoisotopic (exact) mass is 240 g/mol. The summed E-state index contributed by atoms with van der Waals surface area (Å²) in [6.45, 7) is 2.32. The molecule has 0 saturated heterocycles. The van der Waals surface area contributed by atoms with Crippen molar-refractivity contribution in [3.05, 3.63) is 34.9 Å². The zero-order valence-electron chi connectivity index (χ0n) is 10.9. The van der Waals surface area contributed by atoms with Gasteiger partial charge in [0.05, 0.1) is 11.6 Å². The quantitative estimate of drug-likeness (QED) is 0.883. The summed E-state index contributed by atoms with van der Waals surface area (Å²) in [6, 6.07) is 9.06. The SMILES string of the molecule is CC1CC1Cc1ccc(C#N)c(C2CC(N)C2)c1. The molecule has 2 aliphatic carbocycles. The maximum absolute atomic E-state index is 9.20. The van der Waals surface area contributed by atoms with Gasteiger partial charge in [0.25, 0.3) is 0 Å². The molecule has 0 aromatic heterocycles. The molecule has 2 N–H and O–H groups in total. The minimum absolute atomic E-state index is 0.341. The van der Waals surface area contributed by atoms with Crippen molar-refractivity contribution < 1.29 is 0 Å². The summed E-state index contributed by atoms with van der Waals surface area (Å²) in [5.41, 5.74) is 9.35. The van der Waals surface area contributed by atoms with E-state index in [0.717, 1.165) is 30.2 Å². The van der Waals surface area contributed by atoms with Crippen LogP contribution in [0.15, 0.2) is 18.2 Å². The van der Waals surface area contributed by atoms with Crippen LogP contribution in [0.2, 0.25) is 0 Å². The van der Waals surface area contributed by atoms with Crippen molar-refractivity contribution in [2.75, 3.05) is 0 Å². The molecule has 0 aliphatic heterocycles. The van der Waals surface area contributed by atoms with E-state index < -0.39 is 0 Å². The van der Waals surface area contributed by atoms with Crippen LogP contribution >= 0.6 is 0 Å². The fourth-order valence-electron chi connectivity index (χ4n) is 3.08. The summed E-state index contributed by atoms with van der Waals surface area (Å²) in [6.07, 6.45) is 4.62. The highest BCUT2D eigenvalue weighted by atomic mass is 14.7. The Morgan fingerprint density at radius 2 is 2.06 bits per heavy atom. The molecule has 0 heterocycles. The second-order valence-corrected chi connectivity index (χ2v) is 6.14. The Kier molecular flexibility index (Phi) is 2.87. The molecule has 2 atom stereocenters. The Morgan fingerprint density at radius 3 is 2.61 bits per heavy atom. The summed E-state index contributed by atoms with van der Waals surface area (Å²) in [7, 11) is 0. The van der Waals surface area contributed by atoms with Crippen LogP contribution in [0.3, 0.4) is 0 Å². The van der Waals surface area contributed by atoms with Crippen molar-refractivity contribution >= 4 is 0 Å². The molecular weight excluding hydrogens is 220 g/mol. The fraction of sp³-hybridized carbons (Fsp3) is 0.562. The van der Waals surface area contributed by atoms with Crippen LogP contribution in [0.25, 0.3) is 0 Å². The van der Waals surface area contributed by atoms with E-state index in [9.17, 15) is 5.26 Å². The number of rotatable bonds is 3. The third-order valence-electron chi connectivity index (χ3n) is 4.62. The Bertz CT molecular complexity index is 494. The predicted molar refractivity (Wildman–Crippen MR) is 72.1 cm³/mol. The van der Waals surface area contributed by atoms with Gasteiger partial charge in [0, 0.05) is 6.04 Å². The number of nitrogens with two attached hydrogens (primary N) is 1. The zero-order valence-corrected chi connectivity index (χ0v) is 10.9. The molecule has 1 aromatic rings. The van der Waals surface area contributed by atoms with Crippen LogP contribution in [-0.4, -0.2) is 6.04 Å². The number of hydrogen-bond donors (Lipinski definition) is 1. The first-order valence-electron chi connectivity index (χ1n) is 6.96. The molecule has 0 amide bonds. The lowest BCUT2D eigenvalue weighted by atomic mass is 9.74. The van der Waals surface area contributed by atoms with E-state index in [-0.39, 0.29) is 0 Å². The molecule has 0 radical (unpaired) electrons. The first kappa shape index (κ1) is 11.7. The average Bonchev–Trinajstić information content (AvgIpc) is 3.01. The van der Waals surface area contributed by atoms with Gasteiger partial charge in [-0.1, -0.05) is 19.1 Å². The van der Waals surface area contributed by atoms with Crippen LogP contribution in [-0.2, 0) is 6.42 Å². The molecule has 2 heteroatoms. The molecule has 2 nitrogen and oxygen atoms in total. The average molecular weight is 240 g/mol. The zero-order chi connectivity index (χ0) is 12.7. The van der Waals surface area contributed by atoms with Crippen molar-refractivity contribution in [1.82, 2.24) is 0 Å². The summed E-state index contributed by atoms with van der Waals surface area (Å²) in [5, 5.41) is 9.20. The highest BCUT2D eigenvalue weighted by molar-refractivity contribution is 5.43. The predicted octanol–water partition coefficient (Wildman–Crippen LogP) is 2.96. The Labute approximate surface area is 109 Å². The third kappa shape index (κ3) is 2.15. The Morgan fingerprint density at radius 1 is 1.33 bits per heavy atom. The van der Waals surface area contributed by atoms with Gasteiger partial charge in [0.1, 0.15) is 0 Å². The summed E-state index contributed by atoms with van der Waals surface area (Å²) >= 11 is 0. The molecule has 2 aliphatic rings. The van der Waals surface area contributed by atoms with Crippen LogP contribution in [0.4, 0.5) is 0 Å². The Balaban J connectivity index is 1.81. The highest BCUT2D eigenvalue weighted by Gasteiger charge is 2.33. The van der Waals surface area contributed by atoms with E-state index in [1.807, 2.05) is 6.07 Å². The maximum atomic E-state index is 9.20. The van der Waals surface area contributed by atoms with Gasteiger partial charge in [-0.15, -0.1) is 0 Å². The lowest BCUT2D eigenvalue weighted by Gasteiger charge is -2.33. The summed E-state index contributed by atoms with van der Waals surface area (Å²) in [4.78, 5) is 0. The second-order valence-electron chi connectivity index (χ2n) is 6.14. The van der Waals surface area contributed by atoms with Crippen molar-refractivity contribution in [3.8, 4) is 6.07 Å². The van der Waals surface area contributed by atoms with Crippen molar-refractivity contribution in [2.45, 2.75) is 44.6 Å². The number of nitriles is 1. The lowest BCUT2D eigenvalue weighted by Crippen LogP contribution is -2.35. The standard InChI is InChI=1S/C16H20N2/c1-10-4-13(10)5-11-2-3-12(9-17)16(6-11)14-7-15(18)8-14/h2-3,6,10,13-15H,4-5,7-8,18H2,1H3. The van der Waals surface area contributed by atoms with Gasteiger partial charge >= 0.3 is 0 Å². The van der Waals surface area contributed by atoms with Gasteiger partial charge < -0.3 is 5.73 Å². The van der Waals surface area contributed by atoms with E-state index in [4.69, 9.17) is 5.73 Å². The summed E-state index contributed by atoms with van der Waals surface area (Å²) in [5.74, 6) is 2.28. The second kappa shape index (κ2) is 4.40. The van der Waals surface area contributed by atoms with Crippen LogP contribution in [0.1, 0.15) is 48.8 Å². The molecule has 18 heavy (non-hydrogen) atoms. The highest BCUT2D eigenvalue weighted by Crippen LogP contribution is 2.42. The number of hydrogen-bond acceptors (Lipinski definition) is 2. The van der Waals surface area contributed by atoms with Gasteiger partial charge in [-0.2, -0.15) is 5.26 Å². The van der Waals surface area contributed by atoms with E-state index in [1.54, 1.807) is 0 Å². The van der Waals surface area contributed by atoms with Crippen LogP contribution < -0.4 is 5.73 Å². The normalized spacial score (nSPS) is 33.6. The molecular formula is C16H20N2. The molecule has 0 spiro atoms. The van der Waals surface area contributed by atoms with Crippen molar-refractivity contribution in [1.29, 1.82) is 5.26 Å². The van der Waals surface area contributed by atoms with E-state index in [0.29, 0.717) is 12.0 Å². The van der Waals surface area contributed by atoms with Gasteiger partial charge in [-0.05, 0) is 60.6 Å². The Hall–Kier alpha value is -1.33. The van der Waals surface area contributed by atoms with E-state index >= 15 is 0 Å². The lowest BCUT2D eigenvalue weighted by molar-refractivity contribution is 0.351. The van der Waals surface area contributed by atoms with Crippen LogP contribution in [0.5, 0.6) is 0 Å². The molecule has 2 saturated carbocycles. The smallest absolute Gasteiger partial charge is 0.0994 e. The molecule has 2 fully saturated rings. The minimum Gasteiger partial charge on any atom is -0.328 e. The number of nitrogens with zero attached hydrogens (tertiary/aromatic N) is 1. The minimum atomic E-state index is 0.341. The molecule has 3 rings (SSSR count). The largest absolute Gasteiger partial charge is 0.328 e. The first-order chi connectivity index (χ1) is 8.67. The molecule has 0 bridgehead atoms. The maximum Gasteiger partial charge on any atom is 0.0994 e. The van der Waals surface area contributed by atoms with Gasteiger partial charge in [0.2, 0.25) is 0 Å². The van der Waals surface area contributed by atoms with Crippen LogP contribution in [0, 0.1) is 23.2 Å².